The van der Waals surface area contributed by atoms with Gasteiger partial charge in [0, 0.05) is 14.7 Å². The number of halogens is 2. The van der Waals surface area contributed by atoms with Crippen molar-refractivity contribution in [2.45, 2.75) is 6.61 Å². The molecule has 86 valence electrons. The number of ether oxygens (including phenoxy) is 1. The van der Waals surface area contributed by atoms with Crippen molar-refractivity contribution in [1.82, 2.24) is 0 Å². The Bertz CT molecular complexity index is 576. The van der Waals surface area contributed by atoms with E-state index >= 15 is 0 Å². The van der Waals surface area contributed by atoms with Crippen molar-refractivity contribution < 1.29 is 4.74 Å². The quantitative estimate of drug-likeness (QED) is 0.824. The molecule has 0 fully saturated rings. The van der Waals surface area contributed by atoms with E-state index in [4.69, 9.17) is 21.6 Å². The van der Waals surface area contributed by atoms with Crippen molar-refractivity contribution in [2.24, 2.45) is 0 Å². The van der Waals surface area contributed by atoms with Crippen LogP contribution >= 0.6 is 38.9 Å². The summed E-state index contributed by atoms with van der Waals surface area (Å²) in [4.78, 5) is 1.11. The average Bonchev–Trinajstić information content (AvgIpc) is 2.73. The van der Waals surface area contributed by atoms with E-state index in [-0.39, 0.29) is 0 Å². The molecule has 0 radical (unpaired) electrons. The Morgan fingerprint density at radius 2 is 2.24 bits per heavy atom. The Labute approximate surface area is 117 Å². The predicted octanol–water partition coefficient (Wildman–Crippen LogP) is 4.61. The normalized spacial score (nSPS) is 9.94. The lowest BCUT2D eigenvalue weighted by Gasteiger charge is -2.06. The first-order chi connectivity index (χ1) is 8.19. The van der Waals surface area contributed by atoms with Gasteiger partial charge in [0.05, 0.1) is 16.7 Å². The van der Waals surface area contributed by atoms with Gasteiger partial charge in [0.2, 0.25) is 0 Å². The Hall–Kier alpha value is -1.02. The van der Waals surface area contributed by atoms with Gasteiger partial charge < -0.3 is 4.74 Å². The van der Waals surface area contributed by atoms with Gasteiger partial charge >= 0.3 is 0 Å². The zero-order valence-electron chi connectivity index (χ0n) is 8.61. The molecule has 0 bridgehead atoms. The summed E-state index contributed by atoms with van der Waals surface area (Å²) in [6, 6.07) is 9.03. The number of nitrogens with zero attached hydrogens (tertiary/aromatic N) is 1. The number of hydrogen-bond acceptors (Lipinski definition) is 3. The Kier molecular flexibility index (Phi) is 4.06. The van der Waals surface area contributed by atoms with Crippen molar-refractivity contribution in [3.05, 3.63) is 49.6 Å². The Balaban J connectivity index is 2.07. The minimum atomic E-state index is 0.458. The van der Waals surface area contributed by atoms with Crippen LogP contribution in [0, 0.1) is 11.3 Å². The molecule has 0 aliphatic heterocycles. The third kappa shape index (κ3) is 3.22. The molecule has 0 spiro atoms. The van der Waals surface area contributed by atoms with Crippen molar-refractivity contribution in [3.63, 3.8) is 0 Å². The van der Waals surface area contributed by atoms with Crippen LogP contribution in [0.4, 0.5) is 0 Å². The van der Waals surface area contributed by atoms with Crippen LogP contribution in [0.2, 0.25) is 5.02 Å². The van der Waals surface area contributed by atoms with Gasteiger partial charge in [-0.25, -0.2) is 0 Å². The van der Waals surface area contributed by atoms with Crippen LogP contribution in [0.1, 0.15) is 10.4 Å². The smallest absolute Gasteiger partial charge is 0.138 e. The summed E-state index contributed by atoms with van der Waals surface area (Å²) in [5.74, 6) is 0.593. The molecular weight excluding hydrogens is 322 g/mol. The highest BCUT2D eigenvalue weighted by Crippen LogP contribution is 2.27. The monoisotopic (exact) mass is 327 g/mol. The second kappa shape index (κ2) is 5.54. The van der Waals surface area contributed by atoms with Crippen molar-refractivity contribution in [2.75, 3.05) is 0 Å². The number of thiophene rings is 1. The van der Waals surface area contributed by atoms with Crippen molar-refractivity contribution in [3.8, 4) is 11.8 Å². The molecule has 0 aliphatic rings. The van der Waals surface area contributed by atoms with Crippen LogP contribution in [0.15, 0.2) is 34.1 Å². The first-order valence-electron chi connectivity index (χ1n) is 4.74. The molecule has 1 aromatic carbocycles. The summed E-state index contributed by atoms with van der Waals surface area (Å²) in [5.41, 5.74) is 0.529. The number of rotatable bonds is 3. The minimum absolute atomic E-state index is 0.458. The standard InChI is InChI=1S/C12H7BrClNOS/c13-9-4-10(17-7-9)6-16-12-2-1-8(5-15)3-11(12)14/h1-4,7H,6H2. The third-order valence-electron chi connectivity index (χ3n) is 2.05. The van der Waals surface area contributed by atoms with Crippen LogP contribution in [0.5, 0.6) is 5.75 Å². The highest BCUT2D eigenvalue weighted by Gasteiger charge is 2.04. The van der Waals surface area contributed by atoms with Gasteiger partial charge in [-0.15, -0.1) is 11.3 Å². The van der Waals surface area contributed by atoms with E-state index in [2.05, 4.69) is 15.9 Å². The fraction of sp³-hybridized carbons (Fsp3) is 0.0833. The topological polar surface area (TPSA) is 33.0 Å². The van der Waals surface area contributed by atoms with Crippen LogP contribution in [0.25, 0.3) is 0 Å². The second-order valence-corrected chi connectivity index (χ2v) is 5.60. The molecule has 0 unspecified atom stereocenters. The first-order valence-corrected chi connectivity index (χ1v) is 6.79. The van der Waals surface area contributed by atoms with Gasteiger partial charge in [-0.2, -0.15) is 5.26 Å². The summed E-state index contributed by atoms with van der Waals surface area (Å²) in [5, 5.41) is 11.2. The SMILES string of the molecule is N#Cc1ccc(OCc2cc(Br)cs2)c(Cl)c1. The van der Waals surface area contributed by atoms with Gasteiger partial charge in [-0.3, -0.25) is 0 Å². The van der Waals surface area contributed by atoms with E-state index < -0.39 is 0 Å². The molecule has 2 nitrogen and oxygen atoms in total. The lowest BCUT2D eigenvalue weighted by atomic mass is 10.2. The third-order valence-corrected chi connectivity index (χ3v) is 4.02. The molecule has 0 atom stereocenters. The molecule has 1 heterocycles. The van der Waals surface area contributed by atoms with Crippen LogP contribution in [0.3, 0.4) is 0 Å². The maximum atomic E-state index is 8.71. The summed E-state index contributed by atoms with van der Waals surface area (Å²) >= 11 is 11.0. The molecule has 0 amide bonds. The van der Waals surface area contributed by atoms with Crippen LogP contribution in [-0.4, -0.2) is 0 Å². The molecular formula is C12H7BrClNOS. The second-order valence-electron chi connectivity index (χ2n) is 3.28. The molecule has 0 aliphatic carbocycles. The number of nitriles is 1. The molecule has 0 saturated carbocycles. The van der Waals surface area contributed by atoms with E-state index in [9.17, 15) is 0 Å². The maximum absolute atomic E-state index is 8.71. The van der Waals surface area contributed by atoms with Gasteiger partial charge in [0.15, 0.2) is 0 Å². The Morgan fingerprint density at radius 1 is 1.41 bits per heavy atom. The zero-order chi connectivity index (χ0) is 12.3. The molecule has 2 rings (SSSR count). The fourth-order valence-electron chi connectivity index (χ4n) is 1.27. The van der Waals surface area contributed by atoms with Crippen molar-refractivity contribution in [1.29, 1.82) is 5.26 Å². The number of benzene rings is 1. The summed E-state index contributed by atoms with van der Waals surface area (Å²) in [6.45, 7) is 0.474. The molecule has 2 aromatic rings. The highest BCUT2D eigenvalue weighted by molar-refractivity contribution is 9.10. The van der Waals surface area contributed by atoms with Gasteiger partial charge in [-0.1, -0.05) is 11.6 Å². The van der Waals surface area contributed by atoms with Crippen LogP contribution in [-0.2, 0) is 6.61 Å². The summed E-state index contributed by atoms with van der Waals surface area (Å²) in [7, 11) is 0. The van der Waals surface area contributed by atoms with E-state index in [1.54, 1.807) is 29.5 Å². The minimum Gasteiger partial charge on any atom is -0.487 e. The lowest BCUT2D eigenvalue weighted by molar-refractivity contribution is 0.310. The average molecular weight is 329 g/mol. The first kappa shape index (κ1) is 12.4. The van der Waals surface area contributed by atoms with E-state index in [1.807, 2.05) is 17.5 Å². The van der Waals surface area contributed by atoms with E-state index in [0.717, 1.165) is 9.35 Å². The number of hydrogen-bond donors (Lipinski definition) is 0. The molecule has 5 heteroatoms. The van der Waals surface area contributed by atoms with Crippen molar-refractivity contribution >= 4 is 38.9 Å². The molecule has 17 heavy (non-hydrogen) atoms. The molecule has 0 saturated heterocycles. The maximum Gasteiger partial charge on any atom is 0.138 e. The van der Waals surface area contributed by atoms with E-state index in [1.165, 1.54) is 0 Å². The van der Waals surface area contributed by atoms with Crippen LogP contribution < -0.4 is 4.74 Å². The molecule has 1 aromatic heterocycles. The van der Waals surface area contributed by atoms with Gasteiger partial charge in [-0.05, 0) is 40.2 Å². The summed E-state index contributed by atoms with van der Waals surface area (Å²) in [6.07, 6.45) is 0. The highest BCUT2D eigenvalue weighted by atomic mass is 79.9. The lowest BCUT2D eigenvalue weighted by Crippen LogP contribution is -1.93. The van der Waals surface area contributed by atoms with Gasteiger partial charge in [0.25, 0.3) is 0 Å². The van der Waals surface area contributed by atoms with E-state index in [0.29, 0.717) is 22.9 Å². The summed E-state index contributed by atoms with van der Waals surface area (Å²) < 4.78 is 6.63. The molecule has 0 N–H and O–H groups in total. The van der Waals surface area contributed by atoms with Gasteiger partial charge in [0.1, 0.15) is 12.4 Å². The Morgan fingerprint density at radius 3 is 2.82 bits per heavy atom. The predicted molar refractivity (Wildman–Crippen MR) is 72.5 cm³/mol. The largest absolute Gasteiger partial charge is 0.487 e. The zero-order valence-corrected chi connectivity index (χ0v) is 11.8. The fourth-order valence-corrected chi connectivity index (χ4v) is 2.86.